The summed E-state index contributed by atoms with van der Waals surface area (Å²) in [5, 5.41) is 0.530. The lowest BCUT2D eigenvalue weighted by molar-refractivity contribution is -0.122. The Bertz CT molecular complexity index is 1090. The van der Waals surface area contributed by atoms with Crippen molar-refractivity contribution in [2.24, 2.45) is 4.99 Å². The maximum Gasteiger partial charge on any atom is 0.337 e. The summed E-state index contributed by atoms with van der Waals surface area (Å²) < 4.78 is 16.0. The largest absolute Gasteiger partial charge is 0.493 e. The van der Waals surface area contributed by atoms with Crippen molar-refractivity contribution in [3.05, 3.63) is 71.2 Å². The molecular formula is C24H24N2O5S. The lowest BCUT2D eigenvalue weighted by atomic mass is 10.1. The van der Waals surface area contributed by atoms with Crippen LogP contribution in [0.1, 0.15) is 22.8 Å². The molecule has 0 unspecified atom stereocenters. The molecule has 1 saturated heterocycles. The second kappa shape index (κ2) is 10.7. The summed E-state index contributed by atoms with van der Waals surface area (Å²) in [6.45, 7) is 6.32. The Morgan fingerprint density at radius 2 is 2.00 bits per heavy atom. The summed E-state index contributed by atoms with van der Waals surface area (Å²) in [7, 11) is 2.89. The third kappa shape index (κ3) is 5.03. The van der Waals surface area contributed by atoms with Crippen molar-refractivity contribution in [2.45, 2.75) is 6.92 Å². The molecule has 0 atom stereocenters. The van der Waals surface area contributed by atoms with Crippen LogP contribution >= 0.6 is 11.8 Å². The zero-order valence-corrected chi connectivity index (χ0v) is 19.0. The van der Waals surface area contributed by atoms with E-state index in [9.17, 15) is 9.59 Å². The van der Waals surface area contributed by atoms with Crippen molar-refractivity contribution in [1.82, 2.24) is 4.90 Å². The average Bonchev–Trinajstić information content (AvgIpc) is 3.11. The molecule has 1 aliphatic rings. The van der Waals surface area contributed by atoms with Crippen LogP contribution in [0, 0.1) is 0 Å². The number of hydrogen-bond acceptors (Lipinski definition) is 7. The molecule has 1 aliphatic heterocycles. The Morgan fingerprint density at radius 3 is 2.69 bits per heavy atom. The summed E-state index contributed by atoms with van der Waals surface area (Å²) in [5.74, 6) is 0.505. The van der Waals surface area contributed by atoms with Crippen LogP contribution in [-0.4, -0.2) is 49.3 Å². The number of carbonyl (C=O) groups excluding carboxylic acids is 2. The normalized spacial score (nSPS) is 15.8. The second-order valence-corrected chi connectivity index (χ2v) is 7.58. The van der Waals surface area contributed by atoms with Gasteiger partial charge in [0.25, 0.3) is 5.91 Å². The Kier molecular flexibility index (Phi) is 7.72. The first kappa shape index (κ1) is 23.1. The average molecular weight is 453 g/mol. The fourth-order valence-corrected chi connectivity index (χ4v) is 4.10. The fourth-order valence-electron chi connectivity index (χ4n) is 3.05. The van der Waals surface area contributed by atoms with Gasteiger partial charge in [-0.1, -0.05) is 30.9 Å². The van der Waals surface area contributed by atoms with Gasteiger partial charge in [0.1, 0.15) is 6.61 Å². The van der Waals surface area contributed by atoms with Crippen LogP contribution in [0.3, 0.4) is 0 Å². The minimum absolute atomic E-state index is 0.155. The predicted octanol–water partition coefficient (Wildman–Crippen LogP) is 4.67. The molecule has 0 aliphatic carbocycles. The molecule has 2 aromatic rings. The van der Waals surface area contributed by atoms with Crippen LogP contribution in [0.4, 0.5) is 5.69 Å². The van der Waals surface area contributed by atoms with Crippen LogP contribution in [0.2, 0.25) is 0 Å². The Morgan fingerprint density at radius 1 is 1.22 bits per heavy atom. The highest BCUT2D eigenvalue weighted by molar-refractivity contribution is 8.18. The number of benzene rings is 2. The van der Waals surface area contributed by atoms with E-state index in [1.807, 2.05) is 19.1 Å². The molecule has 0 saturated carbocycles. The van der Waals surface area contributed by atoms with Crippen molar-refractivity contribution >= 4 is 40.6 Å². The highest BCUT2D eigenvalue weighted by Crippen LogP contribution is 2.38. The summed E-state index contributed by atoms with van der Waals surface area (Å²) in [6.07, 6.45) is 3.41. The maximum atomic E-state index is 13.0. The zero-order chi connectivity index (χ0) is 23.1. The minimum atomic E-state index is -0.444. The summed E-state index contributed by atoms with van der Waals surface area (Å²) in [5.41, 5.74) is 1.66. The van der Waals surface area contributed by atoms with Gasteiger partial charge in [-0.15, -0.1) is 0 Å². The SMILES string of the molecule is C=CCOc1c(C=C2SC(=Nc3cccc(C(=O)OC)c3)N(CC)C2=O)cccc1OC. The standard InChI is InChI=1S/C24H24N2O5S/c1-5-13-31-21-16(9-8-12-19(21)29-3)15-20-22(27)26(6-2)24(32-20)25-18-11-7-10-17(14-18)23(28)30-4/h5,7-12,14-15H,1,6,13H2,2-4H3. The number of likely N-dealkylation sites (N-methyl/N-ethyl adjacent to an activating group) is 1. The lowest BCUT2D eigenvalue weighted by Crippen LogP contribution is -2.28. The molecule has 0 spiro atoms. The van der Waals surface area contributed by atoms with E-state index in [1.54, 1.807) is 54.5 Å². The topological polar surface area (TPSA) is 77.4 Å². The Labute approximate surface area is 191 Å². The van der Waals surface area contributed by atoms with Crippen LogP contribution in [-0.2, 0) is 9.53 Å². The molecule has 2 aromatic carbocycles. The molecule has 7 nitrogen and oxygen atoms in total. The van der Waals surface area contributed by atoms with Gasteiger partial charge in [-0.25, -0.2) is 9.79 Å². The number of para-hydroxylation sites is 1. The van der Waals surface area contributed by atoms with Gasteiger partial charge in [0.2, 0.25) is 0 Å². The first-order valence-electron chi connectivity index (χ1n) is 9.91. The van der Waals surface area contributed by atoms with Crippen molar-refractivity contribution in [1.29, 1.82) is 0 Å². The first-order valence-corrected chi connectivity index (χ1v) is 10.7. The minimum Gasteiger partial charge on any atom is -0.493 e. The molecule has 0 aromatic heterocycles. The number of methoxy groups -OCH3 is 2. The molecule has 32 heavy (non-hydrogen) atoms. The zero-order valence-electron chi connectivity index (χ0n) is 18.2. The van der Waals surface area contributed by atoms with Gasteiger partial charge in [-0.05, 0) is 49.0 Å². The third-order valence-electron chi connectivity index (χ3n) is 4.56. The van der Waals surface area contributed by atoms with Crippen molar-refractivity contribution < 1.29 is 23.8 Å². The highest BCUT2D eigenvalue weighted by atomic mass is 32.2. The molecule has 0 N–H and O–H groups in total. The van der Waals surface area contributed by atoms with E-state index < -0.39 is 5.97 Å². The summed E-state index contributed by atoms with van der Waals surface area (Å²) in [4.78, 5) is 31.5. The third-order valence-corrected chi connectivity index (χ3v) is 5.56. The molecule has 0 bridgehead atoms. The Balaban J connectivity index is 1.97. The number of amides is 1. The first-order chi connectivity index (χ1) is 15.5. The van der Waals surface area contributed by atoms with E-state index in [0.29, 0.717) is 51.5 Å². The molecule has 1 heterocycles. The van der Waals surface area contributed by atoms with Gasteiger partial charge in [0.05, 0.1) is 30.4 Å². The number of esters is 1. The van der Waals surface area contributed by atoms with Gasteiger partial charge in [0, 0.05) is 12.1 Å². The number of nitrogens with zero attached hydrogens (tertiary/aromatic N) is 2. The fraction of sp³-hybridized carbons (Fsp3) is 0.208. The summed E-state index contributed by atoms with van der Waals surface area (Å²) in [6, 6.07) is 12.3. The highest BCUT2D eigenvalue weighted by Gasteiger charge is 2.32. The van der Waals surface area contributed by atoms with Crippen LogP contribution in [0.5, 0.6) is 11.5 Å². The van der Waals surface area contributed by atoms with Gasteiger partial charge in [0.15, 0.2) is 16.7 Å². The van der Waals surface area contributed by atoms with E-state index in [4.69, 9.17) is 14.2 Å². The number of amidine groups is 1. The van der Waals surface area contributed by atoms with E-state index in [0.717, 1.165) is 0 Å². The molecule has 8 heteroatoms. The van der Waals surface area contributed by atoms with Crippen molar-refractivity contribution in [3.8, 4) is 11.5 Å². The van der Waals surface area contributed by atoms with Crippen molar-refractivity contribution in [3.63, 3.8) is 0 Å². The number of hydrogen-bond donors (Lipinski definition) is 0. The molecule has 1 fully saturated rings. The van der Waals surface area contributed by atoms with Gasteiger partial charge in [-0.2, -0.15) is 0 Å². The van der Waals surface area contributed by atoms with Gasteiger partial charge >= 0.3 is 5.97 Å². The smallest absolute Gasteiger partial charge is 0.337 e. The second-order valence-electron chi connectivity index (χ2n) is 6.57. The number of aliphatic imine (C=N–C) groups is 1. The molecule has 0 radical (unpaired) electrons. The van der Waals surface area contributed by atoms with E-state index in [-0.39, 0.29) is 5.91 Å². The lowest BCUT2D eigenvalue weighted by Gasteiger charge is -2.13. The van der Waals surface area contributed by atoms with E-state index >= 15 is 0 Å². The van der Waals surface area contributed by atoms with Crippen LogP contribution in [0.25, 0.3) is 6.08 Å². The van der Waals surface area contributed by atoms with Crippen LogP contribution in [0.15, 0.2) is 65.0 Å². The predicted molar refractivity (Wildman–Crippen MR) is 127 cm³/mol. The molecule has 166 valence electrons. The van der Waals surface area contributed by atoms with Crippen molar-refractivity contribution in [2.75, 3.05) is 27.4 Å². The van der Waals surface area contributed by atoms with Gasteiger partial charge in [-0.3, -0.25) is 9.69 Å². The van der Waals surface area contributed by atoms with E-state index in [1.165, 1.54) is 18.9 Å². The molecule has 3 rings (SSSR count). The van der Waals surface area contributed by atoms with E-state index in [2.05, 4.69) is 11.6 Å². The quantitative estimate of drug-likeness (QED) is 0.329. The number of rotatable bonds is 8. The summed E-state index contributed by atoms with van der Waals surface area (Å²) >= 11 is 1.26. The molecular weight excluding hydrogens is 428 g/mol. The molecule has 1 amide bonds. The number of ether oxygens (including phenoxy) is 3. The Hall–Kier alpha value is -3.52. The maximum absolute atomic E-state index is 13.0. The number of carbonyl (C=O) groups is 2. The van der Waals surface area contributed by atoms with Crippen LogP contribution < -0.4 is 9.47 Å². The number of thioether (sulfide) groups is 1. The monoisotopic (exact) mass is 452 g/mol. The van der Waals surface area contributed by atoms with Gasteiger partial charge < -0.3 is 14.2 Å².